The number of unbranched alkanes of at least 4 members (excludes halogenated alkanes) is 20. The second-order valence-electron chi connectivity index (χ2n) is 31.2. The maximum atomic E-state index is 11.2. The number of carbonyl (C=O) groups excluding carboxylic acids is 6. The molecule has 6 N–H and O–H groups in total. The molecule has 0 aliphatic carbocycles. The molecule has 0 aliphatic heterocycles. The summed E-state index contributed by atoms with van der Waals surface area (Å²) in [6, 6.07) is 0. The molecule has 0 saturated carbocycles. The predicted molar refractivity (Wildman–Crippen MR) is 461 cm³/mol. The summed E-state index contributed by atoms with van der Waals surface area (Å²) in [6.07, 6.45) is 49.9. The Balaban J connectivity index is -0.000000310. The maximum Gasteiger partial charge on any atom is 0.508 e. The Morgan fingerprint density at radius 1 is 0.191 bits per heavy atom. The maximum absolute atomic E-state index is 11.2. The summed E-state index contributed by atoms with van der Waals surface area (Å²) >= 11 is 0. The third-order valence-corrected chi connectivity index (χ3v) is 19.3. The molecule has 0 radical (unpaired) electrons. The first-order valence-corrected chi connectivity index (χ1v) is 46.1. The van der Waals surface area contributed by atoms with E-state index in [1.165, 1.54) is 218 Å². The van der Waals surface area contributed by atoms with Gasteiger partial charge in [-0.3, -0.25) is 0 Å². The van der Waals surface area contributed by atoms with Crippen LogP contribution in [0.2, 0.25) is 0 Å². The number of carbonyl (C=O) groups is 6. The van der Waals surface area contributed by atoms with Crippen molar-refractivity contribution < 1.29 is 116 Å². The molecule has 0 saturated heterocycles. The fourth-order valence-corrected chi connectivity index (χ4v) is 12.2. The third kappa shape index (κ3) is 104. The van der Waals surface area contributed by atoms with Crippen LogP contribution in [0.5, 0.6) is 0 Å². The molecule has 0 aliphatic rings. The van der Waals surface area contributed by atoms with Crippen molar-refractivity contribution in [2.75, 3.05) is 119 Å². The van der Waals surface area contributed by atoms with Crippen molar-refractivity contribution in [3.63, 3.8) is 0 Å². The summed E-state index contributed by atoms with van der Waals surface area (Å²) in [6.45, 7) is 32.4. The molecule has 7 atom stereocenters. The third-order valence-electron chi connectivity index (χ3n) is 19.3. The van der Waals surface area contributed by atoms with Crippen molar-refractivity contribution in [1.82, 2.24) is 0 Å². The van der Waals surface area contributed by atoms with Crippen LogP contribution in [-0.4, -0.2) is 186 Å². The molecule has 690 valence electrons. The van der Waals surface area contributed by atoms with Gasteiger partial charge in [-0.15, -0.1) is 0 Å². The van der Waals surface area contributed by atoms with E-state index < -0.39 is 36.9 Å². The van der Waals surface area contributed by atoms with E-state index in [9.17, 15) is 28.8 Å². The van der Waals surface area contributed by atoms with Crippen molar-refractivity contribution in [3.8, 4) is 0 Å². The average Bonchev–Trinajstić information content (AvgIpc) is 0.926. The molecule has 0 fully saturated rings. The highest BCUT2D eigenvalue weighted by atomic mass is 16.8. The van der Waals surface area contributed by atoms with Crippen LogP contribution in [0.1, 0.15) is 386 Å². The Hall–Kier alpha value is -4.62. The second kappa shape index (κ2) is 102. The van der Waals surface area contributed by atoms with Gasteiger partial charge in [0.2, 0.25) is 0 Å². The zero-order chi connectivity index (χ0) is 87.1. The summed E-state index contributed by atoms with van der Waals surface area (Å²) in [5.74, 6) is 4.09. The van der Waals surface area contributed by atoms with Crippen LogP contribution in [0.25, 0.3) is 0 Å². The Morgan fingerprint density at radius 2 is 0.374 bits per heavy atom. The average molecular weight is 1660 g/mol. The van der Waals surface area contributed by atoms with Gasteiger partial charge >= 0.3 is 36.9 Å². The summed E-state index contributed by atoms with van der Waals surface area (Å²) in [7, 11) is 0. The SMILES string of the molecule is CC(C)CCCC(C)CCC(C)COC(=O)OCCO.CCCCCCC(CCCC)COC(=O)OCCO.CCCCCCC(CCCC)COC(=O)OCCO.CCCCCCC(CCCC)COC(=O)OCCO.CCCCCCC(CCCC)COC(=O)OCCO.CCCCCCC(CCCC)COC(=O)OCCO. The molecule has 0 heterocycles. The number of ether oxygens (including phenoxy) is 12. The predicted octanol–water partition coefficient (Wildman–Crippen LogP) is 23.6. The number of aliphatic hydroxyl groups is 6. The van der Waals surface area contributed by atoms with Gasteiger partial charge in [0.15, 0.2) is 0 Å². The van der Waals surface area contributed by atoms with Crippen molar-refractivity contribution in [2.24, 2.45) is 47.3 Å². The molecule has 24 heteroatoms. The quantitative estimate of drug-likeness (QED) is 0.0187. The first-order chi connectivity index (χ1) is 55.7. The molecule has 0 aromatic rings. The van der Waals surface area contributed by atoms with E-state index in [1.807, 2.05) is 0 Å². The van der Waals surface area contributed by atoms with E-state index in [-0.39, 0.29) is 79.3 Å². The van der Waals surface area contributed by atoms with Crippen LogP contribution in [-0.2, 0) is 56.8 Å². The summed E-state index contributed by atoms with van der Waals surface area (Å²) in [5, 5.41) is 51.2. The molecule has 0 amide bonds. The minimum Gasteiger partial charge on any atom is -0.434 e. The van der Waals surface area contributed by atoms with E-state index in [0.717, 1.165) is 82.5 Å². The lowest BCUT2D eigenvalue weighted by atomic mass is 9.93. The highest BCUT2D eigenvalue weighted by Gasteiger charge is 2.19. The molecule has 0 rings (SSSR count). The lowest BCUT2D eigenvalue weighted by Gasteiger charge is -2.16. The van der Waals surface area contributed by atoms with Crippen molar-refractivity contribution in [2.45, 2.75) is 386 Å². The van der Waals surface area contributed by atoms with Gasteiger partial charge in [-0.25, -0.2) is 28.8 Å². The summed E-state index contributed by atoms with van der Waals surface area (Å²) < 4.78 is 58.4. The van der Waals surface area contributed by atoms with E-state index in [2.05, 4.69) is 125 Å². The van der Waals surface area contributed by atoms with Gasteiger partial charge in [-0.2, -0.15) is 0 Å². The van der Waals surface area contributed by atoms with Gasteiger partial charge in [0, 0.05) is 0 Å². The number of hydrogen-bond donors (Lipinski definition) is 6. The van der Waals surface area contributed by atoms with Gasteiger partial charge in [-0.1, -0.05) is 315 Å². The van der Waals surface area contributed by atoms with Crippen LogP contribution in [0.4, 0.5) is 28.8 Å². The number of aliphatic hydroxyl groups excluding tert-OH is 6. The normalized spacial score (nSPS) is 12.5. The van der Waals surface area contributed by atoms with Gasteiger partial charge in [0.25, 0.3) is 0 Å². The van der Waals surface area contributed by atoms with E-state index >= 15 is 0 Å². The summed E-state index contributed by atoms with van der Waals surface area (Å²) in [5.41, 5.74) is 0. The highest BCUT2D eigenvalue weighted by molar-refractivity contribution is 5.61. The second-order valence-corrected chi connectivity index (χ2v) is 31.2. The molecule has 115 heavy (non-hydrogen) atoms. The van der Waals surface area contributed by atoms with E-state index in [0.29, 0.717) is 75.1 Å². The zero-order valence-electron chi connectivity index (χ0n) is 76.2. The summed E-state index contributed by atoms with van der Waals surface area (Å²) in [4.78, 5) is 67.1. The fourth-order valence-electron chi connectivity index (χ4n) is 12.2. The molecule has 0 aromatic carbocycles. The van der Waals surface area contributed by atoms with Crippen molar-refractivity contribution in [3.05, 3.63) is 0 Å². The first-order valence-electron chi connectivity index (χ1n) is 46.1. The van der Waals surface area contributed by atoms with E-state index in [1.54, 1.807) is 0 Å². The standard InChI is InChI=1S/C16H32O4.5C15H30O4/c1-13(2)6-5-7-14(3)8-9-15(4)12-20-16(18)19-11-10-17;5*1-3-5-7-8-10-14(9-6-4-2)13-19-15(17)18-12-11-16/h13-15,17H,5-12H2,1-4H3;5*14,16H,3-13H2,1-2H3. The largest absolute Gasteiger partial charge is 0.508 e. The Labute approximate surface area is 702 Å². The van der Waals surface area contributed by atoms with Gasteiger partial charge in [0.1, 0.15) is 39.6 Å². The Morgan fingerprint density at radius 3 is 0.557 bits per heavy atom. The van der Waals surface area contributed by atoms with Crippen molar-refractivity contribution >= 4 is 36.9 Å². The fraction of sp³-hybridized carbons (Fsp3) is 0.934. The lowest BCUT2D eigenvalue weighted by Crippen LogP contribution is -2.16. The Bertz CT molecular complexity index is 1710. The smallest absolute Gasteiger partial charge is 0.434 e. The molecule has 0 bridgehead atoms. The number of hydrogen-bond acceptors (Lipinski definition) is 24. The highest BCUT2D eigenvalue weighted by Crippen LogP contribution is 2.24. The van der Waals surface area contributed by atoms with Crippen LogP contribution in [0, 0.1) is 47.3 Å². The van der Waals surface area contributed by atoms with E-state index in [4.69, 9.17) is 59.1 Å². The monoisotopic (exact) mass is 1660 g/mol. The molecule has 24 nitrogen and oxygen atoms in total. The zero-order valence-corrected chi connectivity index (χ0v) is 76.2. The van der Waals surface area contributed by atoms with Gasteiger partial charge in [-0.05, 0) is 118 Å². The first kappa shape index (κ1) is 121. The minimum atomic E-state index is -0.684. The molecule has 0 aromatic heterocycles. The molecule has 7 unspecified atom stereocenters. The molecular formula is C91H182O24. The van der Waals surface area contributed by atoms with Crippen LogP contribution >= 0.6 is 0 Å². The van der Waals surface area contributed by atoms with Gasteiger partial charge in [0.05, 0.1) is 79.3 Å². The Kier molecular flexibility index (Phi) is 107. The molecule has 0 spiro atoms. The van der Waals surface area contributed by atoms with Crippen LogP contribution in [0.3, 0.4) is 0 Å². The number of rotatable bonds is 71. The topological polar surface area (TPSA) is 335 Å². The van der Waals surface area contributed by atoms with Crippen LogP contribution < -0.4 is 0 Å². The molecular weight excluding hydrogens is 1480 g/mol. The lowest BCUT2D eigenvalue weighted by molar-refractivity contribution is 0.0314. The van der Waals surface area contributed by atoms with Crippen molar-refractivity contribution in [1.29, 1.82) is 0 Å². The van der Waals surface area contributed by atoms with Gasteiger partial charge < -0.3 is 87.5 Å². The minimum absolute atomic E-state index is 0.0000988. The van der Waals surface area contributed by atoms with Crippen LogP contribution in [0.15, 0.2) is 0 Å².